The van der Waals surface area contributed by atoms with Crippen LogP contribution in [0.1, 0.15) is 57.4 Å². The highest BCUT2D eigenvalue weighted by Crippen LogP contribution is 2.28. The third-order valence-electron chi connectivity index (χ3n) is 5.45. The average Bonchev–Trinajstić information content (AvgIpc) is 3.25. The molecular weight excluding hydrogens is 346 g/mol. The predicted molar refractivity (Wildman–Crippen MR) is 100.0 cm³/mol. The molecule has 0 radical (unpaired) electrons. The van der Waals surface area contributed by atoms with Gasteiger partial charge in [0.25, 0.3) is 0 Å². The summed E-state index contributed by atoms with van der Waals surface area (Å²) in [7, 11) is 0. The van der Waals surface area contributed by atoms with Crippen LogP contribution in [0.25, 0.3) is 0 Å². The Morgan fingerprint density at radius 1 is 1.15 bits per heavy atom. The van der Waals surface area contributed by atoms with Gasteiger partial charge in [-0.2, -0.15) is 0 Å². The Hall–Kier alpha value is -2.70. The van der Waals surface area contributed by atoms with Crippen molar-refractivity contribution in [1.82, 2.24) is 9.80 Å². The van der Waals surface area contributed by atoms with Crippen LogP contribution in [-0.4, -0.2) is 46.1 Å². The van der Waals surface area contributed by atoms with Crippen molar-refractivity contribution < 1.29 is 19.2 Å². The van der Waals surface area contributed by atoms with E-state index < -0.39 is 30.3 Å². The first kappa shape index (κ1) is 19.1. The maximum Gasteiger partial charge on any atom is 0.334 e. The number of para-hydroxylation sites is 1. The van der Waals surface area contributed by atoms with Crippen molar-refractivity contribution in [1.29, 1.82) is 0 Å². The smallest absolute Gasteiger partial charge is 0.324 e. The molecule has 27 heavy (non-hydrogen) atoms. The molecule has 0 spiro atoms. The van der Waals surface area contributed by atoms with Crippen molar-refractivity contribution in [3.05, 3.63) is 29.8 Å². The van der Waals surface area contributed by atoms with Crippen LogP contribution in [0.3, 0.4) is 0 Å². The van der Waals surface area contributed by atoms with Gasteiger partial charge in [0.05, 0.1) is 0 Å². The molecule has 144 valence electrons. The fourth-order valence-corrected chi connectivity index (χ4v) is 3.74. The van der Waals surface area contributed by atoms with E-state index in [1.165, 1.54) is 0 Å². The largest absolute Gasteiger partial charge is 0.334 e. The second-order valence-electron chi connectivity index (χ2n) is 7.23. The monoisotopic (exact) mass is 371 g/mol. The number of nitrogens with one attached hydrogen (secondary N) is 1. The minimum atomic E-state index is -0.919. The fraction of sp³-hybridized carbons (Fsp3) is 0.500. The fourth-order valence-electron chi connectivity index (χ4n) is 3.74. The highest BCUT2D eigenvalue weighted by Gasteiger charge is 2.48. The third-order valence-corrected chi connectivity index (χ3v) is 5.45. The Bertz CT molecular complexity index is 770. The maximum absolute atomic E-state index is 12.6. The summed E-state index contributed by atoms with van der Waals surface area (Å²) < 4.78 is 0. The van der Waals surface area contributed by atoms with E-state index in [0.29, 0.717) is 18.5 Å². The van der Waals surface area contributed by atoms with E-state index in [1.807, 2.05) is 18.2 Å². The number of hydrogen-bond donors (Lipinski definition) is 1. The Labute approximate surface area is 158 Å². The zero-order chi connectivity index (χ0) is 19.6. The molecule has 7 heteroatoms. The number of imide groups is 2. The van der Waals surface area contributed by atoms with Crippen LogP contribution in [0.5, 0.6) is 0 Å². The van der Waals surface area contributed by atoms with E-state index in [0.717, 1.165) is 34.6 Å². The third kappa shape index (κ3) is 3.72. The summed E-state index contributed by atoms with van der Waals surface area (Å²) in [6.07, 6.45) is 4.21. The lowest BCUT2D eigenvalue weighted by atomic mass is 9.97. The van der Waals surface area contributed by atoms with Crippen molar-refractivity contribution >= 4 is 29.4 Å². The Morgan fingerprint density at radius 2 is 1.81 bits per heavy atom. The van der Waals surface area contributed by atoms with E-state index in [4.69, 9.17) is 0 Å². The molecule has 1 aliphatic heterocycles. The van der Waals surface area contributed by atoms with Gasteiger partial charge >= 0.3 is 17.8 Å². The molecule has 1 saturated heterocycles. The number of anilines is 1. The van der Waals surface area contributed by atoms with Crippen molar-refractivity contribution in [3.63, 3.8) is 0 Å². The van der Waals surface area contributed by atoms with Crippen LogP contribution >= 0.6 is 0 Å². The molecule has 3 rings (SSSR count). The van der Waals surface area contributed by atoms with Crippen molar-refractivity contribution in [2.24, 2.45) is 0 Å². The molecule has 7 nitrogen and oxygen atoms in total. The maximum atomic E-state index is 12.6. The van der Waals surface area contributed by atoms with Crippen molar-refractivity contribution in [2.75, 3.05) is 11.9 Å². The van der Waals surface area contributed by atoms with Crippen LogP contribution in [0.2, 0.25) is 0 Å². The molecule has 0 bridgehead atoms. The number of urea groups is 1. The molecule has 2 aliphatic rings. The summed E-state index contributed by atoms with van der Waals surface area (Å²) in [6.45, 7) is 3.67. The topological polar surface area (TPSA) is 86.8 Å². The van der Waals surface area contributed by atoms with E-state index in [2.05, 4.69) is 19.2 Å². The number of nitrogens with zero attached hydrogens (tertiary/aromatic N) is 2. The van der Waals surface area contributed by atoms with Gasteiger partial charge in [0.2, 0.25) is 5.91 Å². The van der Waals surface area contributed by atoms with Crippen LogP contribution in [0, 0.1) is 0 Å². The van der Waals surface area contributed by atoms with Gasteiger partial charge in [-0.05, 0) is 36.8 Å². The molecule has 2 fully saturated rings. The Morgan fingerprint density at radius 3 is 2.48 bits per heavy atom. The standard InChI is InChI=1S/C20H25N3O4/c1-3-13(2)15-10-6-7-11-16(15)21-17(24)12-22-18(25)19(26)23(20(22)27)14-8-4-5-9-14/h6-7,10-11,13-14H,3-5,8-9,12H2,1-2H3,(H,21,24)/t13-/m0/s1. The minimum absolute atomic E-state index is 0.229. The molecule has 1 aromatic carbocycles. The first-order chi connectivity index (χ1) is 12.9. The van der Waals surface area contributed by atoms with E-state index in [9.17, 15) is 19.2 Å². The van der Waals surface area contributed by atoms with Crippen molar-refractivity contribution in [2.45, 2.75) is 57.9 Å². The van der Waals surface area contributed by atoms with Gasteiger partial charge in [-0.3, -0.25) is 19.3 Å². The molecule has 1 aliphatic carbocycles. The van der Waals surface area contributed by atoms with Gasteiger partial charge in [-0.1, -0.05) is 44.9 Å². The van der Waals surface area contributed by atoms with Gasteiger partial charge in [-0.15, -0.1) is 0 Å². The second kappa shape index (κ2) is 7.90. The van der Waals surface area contributed by atoms with Crippen LogP contribution in [0.4, 0.5) is 10.5 Å². The van der Waals surface area contributed by atoms with Gasteiger partial charge in [0, 0.05) is 11.7 Å². The minimum Gasteiger partial charge on any atom is -0.324 e. The molecule has 1 heterocycles. The SMILES string of the molecule is CC[C@H](C)c1ccccc1NC(=O)CN1C(=O)C(=O)N(C2CCCC2)C1=O. The number of carbonyl (C=O) groups is 4. The zero-order valence-electron chi connectivity index (χ0n) is 15.7. The number of rotatable bonds is 6. The lowest BCUT2D eigenvalue weighted by molar-refractivity contribution is -0.144. The van der Waals surface area contributed by atoms with E-state index in [1.54, 1.807) is 6.07 Å². The molecule has 0 aromatic heterocycles. The first-order valence-corrected chi connectivity index (χ1v) is 9.51. The van der Waals surface area contributed by atoms with Gasteiger partial charge in [-0.25, -0.2) is 9.69 Å². The second-order valence-corrected chi connectivity index (χ2v) is 7.23. The highest BCUT2D eigenvalue weighted by molar-refractivity contribution is 6.45. The zero-order valence-corrected chi connectivity index (χ0v) is 15.7. The summed E-state index contributed by atoms with van der Waals surface area (Å²) in [5, 5.41) is 2.78. The molecule has 5 amide bonds. The van der Waals surface area contributed by atoms with Crippen molar-refractivity contribution in [3.8, 4) is 0 Å². The highest BCUT2D eigenvalue weighted by atomic mass is 16.2. The molecule has 1 aromatic rings. The predicted octanol–water partition coefficient (Wildman–Crippen LogP) is 2.87. The quantitative estimate of drug-likeness (QED) is 0.615. The molecule has 1 N–H and O–H groups in total. The van der Waals surface area contributed by atoms with E-state index in [-0.39, 0.29) is 12.0 Å². The lowest BCUT2D eigenvalue weighted by Gasteiger charge is -2.21. The molecule has 1 saturated carbocycles. The summed E-state index contributed by atoms with van der Waals surface area (Å²) in [5.74, 6) is -1.97. The lowest BCUT2D eigenvalue weighted by Crippen LogP contribution is -2.41. The Balaban J connectivity index is 1.70. The summed E-state index contributed by atoms with van der Waals surface area (Å²) >= 11 is 0. The normalized spacial score (nSPS) is 19.1. The summed E-state index contributed by atoms with van der Waals surface area (Å²) in [4.78, 5) is 51.3. The number of benzene rings is 1. The van der Waals surface area contributed by atoms with E-state index >= 15 is 0 Å². The van der Waals surface area contributed by atoms with Gasteiger partial charge < -0.3 is 5.32 Å². The summed E-state index contributed by atoms with van der Waals surface area (Å²) in [5.41, 5.74) is 1.66. The molecular formula is C20H25N3O4. The number of hydrogen-bond acceptors (Lipinski definition) is 4. The van der Waals surface area contributed by atoms with Crippen LogP contribution in [0.15, 0.2) is 24.3 Å². The van der Waals surface area contributed by atoms with Crippen LogP contribution < -0.4 is 5.32 Å². The number of amides is 5. The molecule has 0 unspecified atom stereocenters. The summed E-state index contributed by atoms with van der Waals surface area (Å²) in [6, 6.07) is 6.56. The van der Waals surface area contributed by atoms with Crippen LogP contribution in [-0.2, 0) is 14.4 Å². The molecule has 1 atom stereocenters. The average molecular weight is 371 g/mol. The van der Waals surface area contributed by atoms with Gasteiger partial charge in [0.1, 0.15) is 6.54 Å². The first-order valence-electron chi connectivity index (χ1n) is 9.51. The van der Waals surface area contributed by atoms with Gasteiger partial charge in [0.15, 0.2) is 0 Å². The number of carbonyl (C=O) groups excluding carboxylic acids is 4. The Kier molecular flexibility index (Phi) is 5.58.